The lowest BCUT2D eigenvalue weighted by molar-refractivity contribution is -0.385. The second-order valence-electron chi connectivity index (χ2n) is 5.24. The number of benzene rings is 2. The van der Waals surface area contributed by atoms with Crippen molar-refractivity contribution in [1.29, 1.82) is 0 Å². The molecule has 0 unspecified atom stereocenters. The zero-order valence-electron chi connectivity index (χ0n) is 13.6. The third-order valence-electron chi connectivity index (χ3n) is 3.52. The van der Waals surface area contributed by atoms with E-state index in [0.29, 0.717) is 28.8 Å². The molecule has 0 fully saturated rings. The van der Waals surface area contributed by atoms with Crippen LogP contribution in [0.15, 0.2) is 47.0 Å². The zero-order valence-corrected chi connectivity index (χ0v) is 13.6. The Balaban J connectivity index is 1.69. The molecule has 0 spiro atoms. The smallest absolute Gasteiger partial charge is 0.272 e. The van der Waals surface area contributed by atoms with Gasteiger partial charge in [0.25, 0.3) is 11.6 Å². The molecule has 3 aromatic rings. The number of aryl methyl sites for hydroxylation is 1. The molecule has 0 atom stereocenters. The van der Waals surface area contributed by atoms with Crippen LogP contribution in [0.2, 0.25) is 0 Å². The number of aromatic nitrogens is 2. The Bertz CT molecular complexity index is 907. The first-order valence-corrected chi connectivity index (χ1v) is 7.41. The summed E-state index contributed by atoms with van der Waals surface area (Å²) in [6.07, 6.45) is 0. The summed E-state index contributed by atoms with van der Waals surface area (Å²) in [6, 6.07) is 11.8. The van der Waals surface area contributed by atoms with Gasteiger partial charge < -0.3 is 14.0 Å². The van der Waals surface area contributed by atoms with Crippen LogP contribution < -0.4 is 9.47 Å². The summed E-state index contributed by atoms with van der Waals surface area (Å²) in [5, 5.41) is 14.7. The second kappa shape index (κ2) is 7.00. The number of nitro groups is 1. The van der Waals surface area contributed by atoms with Crippen LogP contribution in [0.3, 0.4) is 0 Å². The molecule has 0 amide bonds. The monoisotopic (exact) mass is 341 g/mol. The quantitative estimate of drug-likeness (QED) is 0.499. The van der Waals surface area contributed by atoms with Gasteiger partial charge in [0.15, 0.2) is 6.61 Å². The van der Waals surface area contributed by atoms with Crippen LogP contribution in [0.4, 0.5) is 5.69 Å². The summed E-state index contributed by atoms with van der Waals surface area (Å²) >= 11 is 0. The summed E-state index contributed by atoms with van der Waals surface area (Å²) in [6.45, 7) is 1.72. The van der Waals surface area contributed by atoms with Gasteiger partial charge in [0, 0.05) is 17.2 Å². The van der Waals surface area contributed by atoms with Gasteiger partial charge in [-0.1, -0.05) is 17.3 Å². The third kappa shape index (κ3) is 3.74. The van der Waals surface area contributed by atoms with E-state index >= 15 is 0 Å². The Morgan fingerprint density at radius 2 is 2.04 bits per heavy atom. The van der Waals surface area contributed by atoms with E-state index in [1.165, 1.54) is 12.1 Å². The molecule has 0 aliphatic carbocycles. The molecule has 1 aromatic heterocycles. The Morgan fingerprint density at radius 1 is 1.20 bits per heavy atom. The van der Waals surface area contributed by atoms with E-state index in [-0.39, 0.29) is 12.3 Å². The molecule has 3 rings (SSSR count). The minimum absolute atomic E-state index is 0.0467. The van der Waals surface area contributed by atoms with Crippen LogP contribution in [0.1, 0.15) is 11.5 Å². The Hall–Kier alpha value is -3.42. The maximum atomic E-state index is 10.8. The molecular formula is C17H15N3O5. The molecule has 25 heavy (non-hydrogen) atoms. The van der Waals surface area contributed by atoms with Crippen molar-refractivity contribution < 1.29 is 18.9 Å². The number of ether oxygens (including phenoxy) is 2. The lowest BCUT2D eigenvalue weighted by Crippen LogP contribution is -1.97. The van der Waals surface area contributed by atoms with Crippen LogP contribution in [-0.2, 0) is 6.61 Å². The van der Waals surface area contributed by atoms with E-state index < -0.39 is 4.92 Å². The average Bonchev–Trinajstić information content (AvgIpc) is 3.09. The maximum Gasteiger partial charge on any atom is 0.272 e. The molecule has 2 aromatic carbocycles. The van der Waals surface area contributed by atoms with Gasteiger partial charge >= 0.3 is 0 Å². The van der Waals surface area contributed by atoms with Crippen molar-refractivity contribution in [2.75, 3.05) is 7.11 Å². The minimum Gasteiger partial charge on any atom is -0.497 e. The lowest BCUT2D eigenvalue weighted by Gasteiger charge is -2.04. The largest absolute Gasteiger partial charge is 0.497 e. The molecule has 0 bridgehead atoms. The fraction of sp³-hybridized carbons (Fsp3) is 0.176. The fourth-order valence-electron chi connectivity index (χ4n) is 2.26. The predicted octanol–water partition coefficient (Wildman–Crippen LogP) is 3.54. The van der Waals surface area contributed by atoms with Crippen molar-refractivity contribution in [2.45, 2.75) is 13.5 Å². The van der Waals surface area contributed by atoms with Crippen LogP contribution in [0, 0.1) is 17.0 Å². The van der Waals surface area contributed by atoms with Gasteiger partial charge in [-0.25, -0.2) is 0 Å². The number of hydrogen-bond donors (Lipinski definition) is 0. The van der Waals surface area contributed by atoms with Gasteiger partial charge in [0.05, 0.1) is 12.0 Å². The Kier molecular flexibility index (Phi) is 4.60. The molecule has 0 N–H and O–H groups in total. The number of nitro benzene ring substituents is 1. The molecule has 8 heteroatoms. The molecule has 0 aliphatic heterocycles. The highest BCUT2D eigenvalue weighted by atomic mass is 16.6. The van der Waals surface area contributed by atoms with Gasteiger partial charge in [-0.2, -0.15) is 4.98 Å². The summed E-state index contributed by atoms with van der Waals surface area (Å²) in [5.74, 6) is 1.91. The van der Waals surface area contributed by atoms with Crippen LogP contribution in [0.25, 0.3) is 11.4 Å². The second-order valence-corrected chi connectivity index (χ2v) is 5.24. The van der Waals surface area contributed by atoms with Crippen molar-refractivity contribution in [2.24, 2.45) is 0 Å². The van der Waals surface area contributed by atoms with E-state index in [0.717, 1.165) is 5.56 Å². The van der Waals surface area contributed by atoms with Crippen molar-refractivity contribution >= 4 is 5.69 Å². The van der Waals surface area contributed by atoms with E-state index in [4.69, 9.17) is 14.0 Å². The fourth-order valence-corrected chi connectivity index (χ4v) is 2.26. The third-order valence-corrected chi connectivity index (χ3v) is 3.52. The highest BCUT2D eigenvalue weighted by Crippen LogP contribution is 2.24. The van der Waals surface area contributed by atoms with Gasteiger partial charge in [-0.05, 0) is 31.2 Å². The van der Waals surface area contributed by atoms with Crippen molar-refractivity contribution in [1.82, 2.24) is 10.1 Å². The first-order chi connectivity index (χ1) is 12.1. The predicted molar refractivity (Wildman–Crippen MR) is 88.5 cm³/mol. The number of nitrogens with zero attached hydrogens (tertiary/aromatic N) is 3. The average molecular weight is 341 g/mol. The van der Waals surface area contributed by atoms with E-state index in [2.05, 4.69) is 10.1 Å². The molecule has 1 heterocycles. The first-order valence-electron chi connectivity index (χ1n) is 7.41. The molecule has 0 saturated heterocycles. The Morgan fingerprint density at radius 3 is 2.76 bits per heavy atom. The van der Waals surface area contributed by atoms with Gasteiger partial charge in [-0.15, -0.1) is 0 Å². The van der Waals surface area contributed by atoms with E-state index in [9.17, 15) is 10.1 Å². The summed E-state index contributed by atoms with van der Waals surface area (Å²) < 4.78 is 15.9. The van der Waals surface area contributed by atoms with E-state index in [1.54, 1.807) is 26.2 Å². The zero-order chi connectivity index (χ0) is 17.8. The molecular weight excluding hydrogens is 326 g/mol. The highest BCUT2D eigenvalue weighted by molar-refractivity contribution is 5.56. The topological polar surface area (TPSA) is 101 Å². The molecule has 8 nitrogen and oxygen atoms in total. The molecule has 0 aliphatic rings. The number of rotatable bonds is 6. The van der Waals surface area contributed by atoms with Crippen molar-refractivity contribution in [3.63, 3.8) is 0 Å². The summed E-state index contributed by atoms with van der Waals surface area (Å²) in [5.41, 5.74) is 1.33. The van der Waals surface area contributed by atoms with Crippen LogP contribution in [-0.4, -0.2) is 22.2 Å². The normalized spacial score (nSPS) is 10.5. The summed E-state index contributed by atoms with van der Waals surface area (Å²) in [7, 11) is 1.58. The Labute approximate surface area is 143 Å². The highest BCUT2D eigenvalue weighted by Gasteiger charge is 2.13. The maximum absolute atomic E-state index is 10.8. The van der Waals surface area contributed by atoms with Gasteiger partial charge in [0.1, 0.15) is 11.5 Å². The van der Waals surface area contributed by atoms with Crippen LogP contribution in [0.5, 0.6) is 11.5 Å². The number of hydrogen-bond acceptors (Lipinski definition) is 7. The van der Waals surface area contributed by atoms with Crippen molar-refractivity contribution in [3.05, 3.63) is 64.0 Å². The first kappa shape index (κ1) is 16.4. The number of methoxy groups -OCH3 is 1. The van der Waals surface area contributed by atoms with Crippen molar-refractivity contribution in [3.8, 4) is 22.9 Å². The standard InChI is InChI=1S/C17H15N3O5/c1-11-8-14(6-7-15(11)20(21)22)24-10-16-18-17(19-25-16)12-4-3-5-13(9-12)23-2/h3-9H,10H2,1-2H3. The molecule has 0 radical (unpaired) electrons. The molecule has 0 saturated carbocycles. The summed E-state index contributed by atoms with van der Waals surface area (Å²) in [4.78, 5) is 14.7. The molecule has 128 valence electrons. The SMILES string of the molecule is COc1cccc(-c2noc(COc3ccc([N+](=O)[O-])c(C)c3)n2)c1. The van der Waals surface area contributed by atoms with Gasteiger partial charge in [-0.3, -0.25) is 10.1 Å². The van der Waals surface area contributed by atoms with Gasteiger partial charge in [0.2, 0.25) is 5.82 Å². The minimum atomic E-state index is -0.433. The van der Waals surface area contributed by atoms with Crippen LogP contribution >= 0.6 is 0 Å². The van der Waals surface area contributed by atoms with E-state index in [1.807, 2.05) is 18.2 Å². The lowest BCUT2D eigenvalue weighted by atomic mass is 10.2.